The number of hydrogen-bond acceptors (Lipinski definition) is 3. The van der Waals surface area contributed by atoms with E-state index in [9.17, 15) is 9.59 Å². The van der Waals surface area contributed by atoms with Crippen LogP contribution < -0.4 is 5.32 Å². The van der Waals surface area contributed by atoms with E-state index >= 15 is 0 Å². The number of rotatable bonds is 4. The van der Waals surface area contributed by atoms with Gasteiger partial charge in [-0.3, -0.25) is 9.59 Å². The van der Waals surface area contributed by atoms with Crippen LogP contribution in [0.3, 0.4) is 0 Å². The minimum Gasteiger partial charge on any atom is -0.447 e. The molecule has 5 rings (SSSR count). The first kappa shape index (κ1) is 15.7. The normalized spacial score (nSPS) is 34.6. The number of benzene rings is 1. The van der Waals surface area contributed by atoms with Crippen LogP contribution in [0.25, 0.3) is 0 Å². The summed E-state index contributed by atoms with van der Waals surface area (Å²) in [5, 5.41) is 3.31. The molecular weight excluding hydrogens is 302 g/mol. The van der Waals surface area contributed by atoms with Gasteiger partial charge in [0.25, 0.3) is 5.91 Å². The van der Waals surface area contributed by atoms with Gasteiger partial charge in [-0.2, -0.15) is 0 Å². The number of carbonyl (C=O) groups is 2. The van der Waals surface area contributed by atoms with Gasteiger partial charge < -0.3 is 10.1 Å². The Morgan fingerprint density at radius 3 is 2.08 bits per heavy atom. The molecule has 4 aliphatic rings. The van der Waals surface area contributed by atoms with Crippen LogP contribution in [-0.2, 0) is 14.3 Å². The molecule has 1 aromatic carbocycles. The predicted octanol–water partition coefficient (Wildman–Crippen LogP) is 3.38. The van der Waals surface area contributed by atoms with Gasteiger partial charge in [-0.1, -0.05) is 30.3 Å². The zero-order valence-electron chi connectivity index (χ0n) is 14.2. The average Bonchev–Trinajstić information content (AvgIpc) is 2.51. The highest BCUT2D eigenvalue weighted by molar-refractivity contribution is 5.85. The van der Waals surface area contributed by atoms with Crippen molar-refractivity contribution in [3.05, 3.63) is 35.9 Å². The molecule has 4 heteroatoms. The van der Waals surface area contributed by atoms with Gasteiger partial charge in [-0.15, -0.1) is 0 Å². The number of hydrogen-bond donors (Lipinski definition) is 1. The largest absolute Gasteiger partial charge is 0.447 e. The first-order chi connectivity index (χ1) is 11.5. The fourth-order valence-electron chi connectivity index (χ4n) is 5.66. The lowest BCUT2D eigenvalue weighted by Gasteiger charge is -2.57. The molecule has 0 aliphatic heterocycles. The van der Waals surface area contributed by atoms with E-state index in [0.29, 0.717) is 0 Å². The molecule has 1 unspecified atom stereocenters. The third-order valence-corrected chi connectivity index (χ3v) is 6.05. The number of amides is 1. The molecule has 4 aliphatic carbocycles. The molecule has 0 aromatic heterocycles. The average molecular weight is 327 g/mol. The maximum absolute atomic E-state index is 13.0. The van der Waals surface area contributed by atoms with Crippen molar-refractivity contribution in [2.45, 2.75) is 57.1 Å². The van der Waals surface area contributed by atoms with Gasteiger partial charge in [0.2, 0.25) is 6.10 Å². The van der Waals surface area contributed by atoms with Crippen molar-refractivity contribution in [3.63, 3.8) is 0 Å². The van der Waals surface area contributed by atoms with E-state index in [2.05, 4.69) is 5.32 Å². The molecule has 4 saturated carbocycles. The van der Waals surface area contributed by atoms with E-state index in [4.69, 9.17) is 4.74 Å². The SMILES string of the molecule is CC(=O)OC(C(=O)NC12CC3CC(CC(C3)C1)C2)c1ccccc1. The van der Waals surface area contributed by atoms with Crippen LogP contribution in [0.5, 0.6) is 0 Å². The van der Waals surface area contributed by atoms with Gasteiger partial charge >= 0.3 is 5.97 Å². The summed E-state index contributed by atoms with van der Waals surface area (Å²) in [6.45, 7) is 1.36. The second-order valence-corrected chi connectivity index (χ2v) is 8.09. The first-order valence-electron chi connectivity index (χ1n) is 9.07. The summed E-state index contributed by atoms with van der Waals surface area (Å²) in [7, 11) is 0. The monoisotopic (exact) mass is 327 g/mol. The molecule has 1 aromatic rings. The van der Waals surface area contributed by atoms with Crippen LogP contribution in [0.1, 0.15) is 57.1 Å². The summed E-state index contributed by atoms with van der Waals surface area (Å²) >= 11 is 0. The van der Waals surface area contributed by atoms with Gasteiger partial charge in [0.05, 0.1) is 0 Å². The van der Waals surface area contributed by atoms with Crippen molar-refractivity contribution < 1.29 is 14.3 Å². The van der Waals surface area contributed by atoms with E-state index in [1.807, 2.05) is 30.3 Å². The van der Waals surface area contributed by atoms with Crippen molar-refractivity contribution in [2.75, 3.05) is 0 Å². The smallest absolute Gasteiger partial charge is 0.303 e. The Bertz CT molecular complexity index is 604. The summed E-state index contributed by atoms with van der Waals surface area (Å²) in [5.41, 5.74) is 0.661. The third kappa shape index (κ3) is 2.94. The van der Waals surface area contributed by atoms with Crippen molar-refractivity contribution in [1.82, 2.24) is 5.32 Å². The molecule has 0 spiro atoms. The molecule has 4 bridgehead atoms. The second kappa shape index (κ2) is 5.91. The molecule has 4 fully saturated rings. The van der Waals surface area contributed by atoms with Gasteiger partial charge in [0.15, 0.2) is 0 Å². The zero-order chi connectivity index (χ0) is 16.7. The van der Waals surface area contributed by atoms with E-state index < -0.39 is 12.1 Å². The minimum atomic E-state index is -0.850. The predicted molar refractivity (Wildman–Crippen MR) is 90.0 cm³/mol. The van der Waals surface area contributed by atoms with Gasteiger partial charge in [0, 0.05) is 18.0 Å². The quantitative estimate of drug-likeness (QED) is 0.863. The Hall–Kier alpha value is -1.84. The highest BCUT2D eigenvalue weighted by Crippen LogP contribution is 2.55. The Labute approximate surface area is 143 Å². The summed E-state index contributed by atoms with van der Waals surface area (Å²) < 4.78 is 5.36. The maximum atomic E-state index is 13.0. The lowest BCUT2D eigenvalue weighted by Crippen LogP contribution is -2.60. The van der Waals surface area contributed by atoms with E-state index in [1.54, 1.807) is 0 Å². The van der Waals surface area contributed by atoms with Crippen molar-refractivity contribution in [1.29, 1.82) is 0 Å². The van der Waals surface area contributed by atoms with Crippen LogP contribution in [0.2, 0.25) is 0 Å². The van der Waals surface area contributed by atoms with Crippen LogP contribution >= 0.6 is 0 Å². The highest BCUT2D eigenvalue weighted by Gasteiger charge is 2.52. The van der Waals surface area contributed by atoms with Crippen LogP contribution in [-0.4, -0.2) is 17.4 Å². The van der Waals surface area contributed by atoms with Crippen molar-refractivity contribution in [3.8, 4) is 0 Å². The maximum Gasteiger partial charge on any atom is 0.303 e. The molecule has 1 amide bonds. The Morgan fingerprint density at radius 2 is 1.58 bits per heavy atom. The second-order valence-electron chi connectivity index (χ2n) is 8.09. The van der Waals surface area contributed by atoms with E-state index in [0.717, 1.165) is 42.6 Å². The molecule has 24 heavy (non-hydrogen) atoms. The van der Waals surface area contributed by atoms with Crippen molar-refractivity contribution in [2.24, 2.45) is 17.8 Å². The van der Waals surface area contributed by atoms with Crippen LogP contribution in [0, 0.1) is 17.8 Å². The lowest BCUT2D eigenvalue weighted by molar-refractivity contribution is -0.156. The third-order valence-electron chi connectivity index (χ3n) is 6.05. The summed E-state index contributed by atoms with van der Waals surface area (Å²) in [4.78, 5) is 24.5. The molecule has 0 radical (unpaired) electrons. The Balaban J connectivity index is 1.54. The van der Waals surface area contributed by atoms with Crippen molar-refractivity contribution >= 4 is 11.9 Å². The number of ether oxygens (including phenoxy) is 1. The van der Waals surface area contributed by atoms with Crippen LogP contribution in [0.15, 0.2) is 30.3 Å². The Morgan fingerprint density at radius 1 is 1.04 bits per heavy atom. The standard InChI is InChI=1S/C20H25NO3/c1-13(22)24-18(17-5-3-2-4-6-17)19(23)21-20-10-14-7-15(11-20)9-16(8-14)12-20/h2-6,14-16,18H,7-12H2,1H3,(H,21,23). The summed E-state index contributed by atoms with van der Waals surface area (Å²) in [6, 6.07) is 9.30. The molecule has 0 heterocycles. The number of carbonyl (C=O) groups excluding carboxylic acids is 2. The molecule has 1 N–H and O–H groups in total. The highest BCUT2D eigenvalue weighted by atomic mass is 16.5. The van der Waals surface area contributed by atoms with Gasteiger partial charge in [0.1, 0.15) is 0 Å². The first-order valence-corrected chi connectivity index (χ1v) is 9.07. The fraction of sp³-hybridized carbons (Fsp3) is 0.600. The lowest BCUT2D eigenvalue weighted by atomic mass is 9.53. The Kier molecular flexibility index (Phi) is 3.86. The molecule has 128 valence electrons. The van der Waals surface area contributed by atoms with E-state index in [1.165, 1.54) is 26.2 Å². The van der Waals surface area contributed by atoms with Gasteiger partial charge in [-0.05, 0) is 56.3 Å². The van der Waals surface area contributed by atoms with Gasteiger partial charge in [-0.25, -0.2) is 0 Å². The fourth-order valence-corrected chi connectivity index (χ4v) is 5.66. The summed E-state index contributed by atoms with van der Waals surface area (Å²) in [5.74, 6) is 1.70. The minimum absolute atomic E-state index is 0.0704. The number of esters is 1. The molecule has 0 saturated heterocycles. The molecule has 4 nitrogen and oxygen atoms in total. The number of nitrogens with one attached hydrogen (secondary N) is 1. The summed E-state index contributed by atoms with van der Waals surface area (Å²) in [6.07, 6.45) is 6.42. The molecular formula is C20H25NO3. The zero-order valence-corrected chi connectivity index (χ0v) is 14.2. The molecule has 1 atom stereocenters. The topological polar surface area (TPSA) is 55.4 Å². The van der Waals surface area contributed by atoms with Crippen LogP contribution in [0.4, 0.5) is 0 Å². The van der Waals surface area contributed by atoms with E-state index in [-0.39, 0.29) is 11.4 Å².